The molecule has 0 fully saturated rings. The van der Waals surface area contributed by atoms with E-state index in [1.54, 1.807) is 17.5 Å². The van der Waals surface area contributed by atoms with Crippen LogP contribution in [0.2, 0.25) is 0 Å². The minimum atomic E-state index is 0.889. The van der Waals surface area contributed by atoms with Gasteiger partial charge in [-0.05, 0) is 46.1 Å². The van der Waals surface area contributed by atoms with Gasteiger partial charge in [0.15, 0.2) is 0 Å². The van der Waals surface area contributed by atoms with Crippen LogP contribution in [0.15, 0.2) is 40.4 Å². The molecule has 0 unspecified atom stereocenters. The van der Waals surface area contributed by atoms with E-state index in [4.69, 9.17) is 0 Å². The minimum absolute atomic E-state index is 0.889. The maximum Gasteiger partial charge on any atom is 0.0701 e. The van der Waals surface area contributed by atoms with Crippen LogP contribution in [-0.2, 0) is 13.0 Å². The molecule has 0 aliphatic heterocycles. The smallest absolute Gasteiger partial charge is 0.0701 e. The number of aromatic nitrogens is 1. The molecule has 4 heteroatoms. The highest BCUT2D eigenvalue weighted by molar-refractivity contribution is 9.11. The van der Waals surface area contributed by atoms with Crippen LogP contribution < -0.4 is 5.32 Å². The highest BCUT2D eigenvalue weighted by Crippen LogP contribution is 2.21. The molecule has 0 amide bonds. The van der Waals surface area contributed by atoms with E-state index in [-0.39, 0.29) is 0 Å². The standard InChI is InChI=1S/C12H13BrN2S/c13-12-4-3-11(16-12)5-7-15-9-10-2-1-6-14-8-10/h1-4,6,8,15H,5,7,9H2. The van der Waals surface area contributed by atoms with Crippen molar-refractivity contribution in [3.8, 4) is 0 Å². The number of thiophene rings is 1. The van der Waals surface area contributed by atoms with Gasteiger partial charge in [-0.15, -0.1) is 11.3 Å². The van der Waals surface area contributed by atoms with Gasteiger partial charge in [-0.25, -0.2) is 0 Å². The zero-order valence-electron chi connectivity index (χ0n) is 8.82. The summed E-state index contributed by atoms with van der Waals surface area (Å²) < 4.78 is 1.20. The number of pyridine rings is 1. The van der Waals surface area contributed by atoms with E-state index in [9.17, 15) is 0 Å². The summed E-state index contributed by atoms with van der Waals surface area (Å²) in [6.07, 6.45) is 4.78. The van der Waals surface area contributed by atoms with Gasteiger partial charge in [-0.2, -0.15) is 0 Å². The fourth-order valence-electron chi connectivity index (χ4n) is 1.43. The second-order valence-electron chi connectivity index (χ2n) is 3.49. The molecule has 2 rings (SSSR count). The number of nitrogens with one attached hydrogen (secondary N) is 1. The Morgan fingerprint density at radius 3 is 2.94 bits per heavy atom. The third-order valence-electron chi connectivity index (χ3n) is 2.23. The van der Waals surface area contributed by atoms with Crippen LogP contribution in [0.25, 0.3) is 0 Å². The van der Waals surface area contributed by atoms with Crippen LogP contribution in [0.1, 0.15) is 10.4 Å². The molecule has 0 aromatic carbocycles. The molecule has 0 saturated heterocycles. The molecular formula is C12H13BrN2S. The van der Waals surface area contributed by atoms with Crippen molar-refractivity contribution in [2.45, 2.75) is 13.0 Å². The van der Waals surface area contributed by atoms with Crippen molar-refractivity contribution < 1.29 is 0 Å². The van der Waals surface area contributed by atoms with Gasteiger partial charge in [0, 0.05) is 30.4 Å². The van der Waals surface area contributed by atoms with Crippen molar-refractivity contribution in [3.05, 3.63) is 50.9 Å². The average Bonchev–Trinajstić information content (AvgIpc) is 2.72. The first-order valence-electron chi connectivity index (χ1n) is 5.18. The number of rotatable bonds is 5. The van der Waals surface area contributed by atoms with Crippen molar-refractivity contribution in [2.24, 2.45) is 0 Å². The first-order valence-corrected chi connectivity index (χ1v) is 6.79. The molecule has 2 aromatic heterocycles. The molecule has 2 aromatic rings. The Bertz CT molecular complexity index is 428. The molecule has 0 spiro atoms. The third kappa shape index (κ3) is 3.70. The molecule has 16 heavy (non-hydrogen) atoms. The monoisotopic (exact) mass is 296 g/mol. The molecule has 0 atom stereocenters. The van der Waals surface area contributed by atoms with E-state index in [0.717, 1.165) is 19.5 Å². The van der Waals surface area contributed by atoms with Crippen molar-refractivity contribution >= 4 is 27.3 Å². The highest BCUT2D eigenvalue weighted by atomic mass is 79.9. The number of nitrogens with zero attached hydrogens (tertiary/aromatic N) is 1. The van der Waals surface area contributed by atoms with E-state index < -0.39 is 0 Å². The van der Waals surface area contributed by atoms with Crippen LogP contribution >= 0.6 is 27.3 Å². The van der Waals surface area contributed by atoms with Gasteiger partial charge < -0.3 is 5.32 Å². The van der Waals surface area contributed by atoms with Crippen molar-refractivity contribution in [1.82, 2.24) is 10.3 Å². The van der Waals surface area contributed by atoms with Crippen molar-refractivity contribution in [3.63, 3.8) is 0 Å². The second-order valence-corrected chi connectivity index (χ2v) is 6.04. The van der Waals surface area contributed by atoms with Crippen LogP contribution in [0.4, 0.5) is 0 Å². The van der Waals surface area contributed by atoms with Crippen molar-refractivity contribution in [1.29, 1.82) is 0 Å². The third-order valence-corrected chi connectivity index (χ3v) is 3.91. The van der Waals surface area contributed by atoms with Crippen LogP contribution in [0.3, 0.4) is 0 Å². The molecule has 0 aliphatic carbocycles. The first kappa shape index (κ1) is 11.8. The van der Waals surface area contributed by atoms with Gasteiger partial charge >= 0.3 is 0 Å². The highest BCUT2D eigenvalue weighted by Gasteiger charge is 1.97. The van der Waals surface area contributed by atoms with E-state index in [0.29, 0.717) is 0 Å². The summed E-state index contributed by atoms with van der Waals surface area (Å²) in [6, 6.07) is 8.32. The Labute approximate surface area is 108 Å². The fourth-order valence-corrected chi connectivity index (χ4v) is 2.92. The lowest BCUT2D eigenvalue weighted by Crippen LogP contribution is -2.16. The van der Waals surface area contributed by atoms with Gasteiger partial charge in [-0.1, -0.05) is 6.07 Å². The topological polar surface area (TPSA) is 24.9 Å². The summed E-state index contributed by atoms with van der Waals surface area (Å²) in [4.78, 5) is 5.49. The van der Waals surface area contributed by atoms with Gasteiger partial charge in [0.25, 0.3) is 0 Å². The summed E-state index contributed by atoms with van der Waals surface area (Å²) in [5.41, 5.74) is 1.23. The maximum atomic E-state index is 4.08. The van der Waals surface area contributed by atoms with E-state index in [1.807, 2.05) is 12.3 Å². The first-order chi connectivity index (χ1) is 7.84. The quantitative estimate of drug-likeness (QED) is 0.857. The largest absolute Gasteiger partial charge is 0.312 e. The zero-order valence-corrected chi connectivity index (χ0v) is 11.2. The average molecular weight is 297 g/mol. The second kappa shape index (κ2) is 6.13. The molecule has 0 bridgehead atoms. The summed E-state index contributed by atoms with van der Waals surface area (Å²) in [5, 5.41) is 3.41. The van der Waals surface area contributed by atoms with E-state index in [2.05, 4.69) is 44.4 Å². The summed E-state index contributed by atoms with van der Waals surface area (Å²) >= 11 is 5.27. The summed E-state index contributed by atoms with van der Waals surface area (Å²) in [7, 11) is 0. The van der Waals surface area contributed by atoms with Gasteiger partial charge in [0.1, 0.15) is 0 Å². The zero-order chi connectivity index (χ0) is 11.2. The predicted octanol–water partition coefficient (Wildman–Crippen LogP) is 3.24. The normalized spacial score (nSPS) is 10.6. The molecular weight excluding hydrogens is 284 g/mol. The lowest BCUT2D eigenvalue weighted by atomic mass is 10.3. The van der Waals surface area contributed by atoms with Gasteiger partial charge in [0.2, 0.25) is 0 Å². The number of hydrogen-bond donors (Lipinski definition) is 1. The predicted molar refractivity (Wildman–Crippen MR) is 71.7 cm³/mol. The Hall–Kier alpha value is -0.710. The van der Waals surface area contributed by atoms with Crippen LogP contribution in [0.5, 0.6) is 0 Å². The van der Waals surface area contributed by atoms with E-state index in [1.165, 1.54) is 14.2 Å². The molecule has 2 nitrogen and oxygen atoms in total. The fraction of sp³-hybridized carbons (Fsp3) is 0.250. The van der Waals surface area contributed by atoms with Gasteiger partial charge in [-0.3, -0.25) is 4.98 Å². The summed E-state index contributed by atoms with van der Waals surface area (Å²) in [6.45, 7) is 1.89. The SMILES string of the molecule is Brc1ccc(CCNCc2cccnc2)s1. The number of halogens is 1. The van der Waals surface area contributed by atoms with E-state index >= 15 is 0 Å². The maximum absolute atomic E-state index is 4.08. The molecule has 0 aliphatic rings. The molecule has 84 valence electrons. The lowest BCUT2D eigenvalue weighted by Gasteiger charge is -2.02. The Kier molecular flexibility index (Phi) is 4.51. The Morgan fingerprint density at radius 1 is 1.31 bits per heavy atom. The Balaban J connectivity index is 1.69. The lowest BCUT2D eigenvalue weighted by molar-refractivity contribution is 0.689. The summed E-state index contributed by atoms with van der Waals surface area (Å²) in [5.74, 6) is 0. The van der Waals surface area contributed by atoms with Crippen molar-refractivity contribution in [2.75, 3.05) is 6.54 Å². The van der Waals surface area contributed by atoms with Gasteiger partial charge in [0.05, 0.1) is 3.79 Å². The van der Waals surface area contributed by atoms with Crippen LogP contribution in [0, 0.1) is 0 Å². The molecule has 1 N–H and O–H groups in total. The minimum Gasteiger partial charge on any atom is -0.312 e. The molecule has 0 saturated carbocycles. The molecule has 2 heterocycles. The Morgan fingerprint density at radius 2 is 2.25 bits per heavy atom. The van der Waals surface area contributed by atoms with Crippen LogP contribution in [-0.4, -0.2) is 11.5 Å². The number of hydrogen-bond acceptors (Lipinski definition) is 3. The molecule has 0 radical (unpaired) electrons.